The third-order valence-electron chi connectivity index (χ3n) is 3.57. The first-order valence-electron chi connectivity index (χ1n) is 7.94. The molecule has 0 bridgehead atoms. The molecule has 1 heterocycles. The molecule has 1 saturated carbocycles. The molecule has 0 atom stereocenters. The highest BCUT2D eigenvalue weighted by Crippen LogP contribution is 2.23. The van der Waals surface area contributed by atoms with Crippen LogP contribution in [0.15, 0.2) is 37.1 Å². The van der Waals surface area contributed by atoms with E-state index in [9.17, 15) is 0 Å². The number of nitrogens with one attached hydrogen (secondary N) is 2. The molecule has 0 spiro atoms. The quantitative estimate of drug-likeness (QED) is 0.732. The van der Waals surface area contributed by atoms with Crippen molar-refractivity contribution in [2.75, 3.05) is 11.9 Å². The van der Waals surface area contributed by atoms with Crippen LogP contribution in [0.3, 0.4) is 0 Å². The standard InChI is InChI=1S/C12H17N3.C6H12/c1-4-6-7-8-10(3)12-11(13-5-2)9-14-15-12;1-6-4-2-3-5-6/h4,6-9,13H,3,5H2,1-2H3,(H,14,15);6H,2-5H2,1H3/b6-4-,8-7-;. The fraction of sp³-hybridized carbons (Fsp3) is 0.500. The van der Waals surface area contributed by atoms with E-state index in [1.807, 2.05) is 31.2 Å². The van der Waals surface area contributed by atoms with Crippen LogP contribution in [0.1, 0.15) is 52.1 Å². The van der Waals surface area contributed by atoms with Crippen LogP contribution < -0.4 is 5.32 Å². The molecule has 3 heteroatoms. The Morgan fingerprint density at radius 3 is 2.67 bits per heavy atom. The van der Waals surface area contributed by atoms with Gasteiger partial charge in [-0.15, -0.1) is 0 Å². The normalized spacial score (nSPS) is 15.4. The molecule has 0 saturated heterocycles. The van der Waals surface area contributed by atoms with E-state index in [1.54, 1.807) is 6.20 Å². The number of hydrogen-bond acceptors (Lipinski definition) is 2. The summed E-state index contributed by atoms with van der Waals surface area (Å²) < 4.78 is 0. The number of aromatic amines is 1. The van der Waals surface area contributed by atoms with E-state index in [1.165, 1.54) is 25.7 Å². The Morgan fingerprint density at radius 2 is 2.14 bits per heavy atom. The van der Waals surface area contributed by atoms with Crippen molar-refractivity contribution in [3.8, 4) is 0 Å². The molecule has 1 aliphatic carbocycles. The van der Waals surface area contributed by atoms with Crippen LogP contribution in [-0.4, -0.2) is 16.7 Å². The van der Waals surface area contributed by atoms with Gasteiger partial charge in [0.2, 0.25) is 0 Å². The summed E-state index contributed by atoms with van der Waals surface area (Å²) in [5.41, 5.74) is 2.85. The van der Waals surface area contributed by atoms with E-state index in [0.717, 1.165) is 29.4 Å². The molecular weight excluding hydrogens is 258 g/mol. The molecule has 3 nitrogen and oxygen atoms in total. The van der Waals surface area contributed by atoms with Gasteiger partial charge in [-0.25, -0.2) is 0 Å². The predicted molar refractivity (Wildman–Crippen MR) is 93.4 cm³/mol. The molecule has 1 aliphatic rings. The summed E-state index contributed by atoms with van der Waals surface area (Å²) in [6.07, 6.45) is 15.6. The van der Waals surface area contributed by atoms with E-state index in [0.29, 0.717) is 0 Å². The van der Waals surface area contributed by atoms with Gasteiger partial charge in [0.05, 0.1) is 17.6 Å². The van der Waals surface area contributed by atoms with Crippen LogP contribution in [0.5, 0.6) is 0 Å². The highest BCUT2D eigenvalue weighted by atomic mass is 15.1. The Kier molecular flexibility index (Phi) is 8.25. The maximum absolute atomic E-state index is 3.99. The lowest BCUT2D eigenvalue weighted by Gasteiger charge is -2.03. The topological polar surface area (TPSA) is 40.7 Å². The third kappa shape index (κ3) is 6.48. The largest absolute Gasteiger partial charge is 0.382 e. The summed E-state index contributed by atoms with van der Waals surface area (Å²) in [7, 11) is 0. The Hall–Kier alpha value is -1.77. The second kappa shape index (κ2) is 10.0. The van der Waals surface area contributed by atoms with Crippen LogP contribution in [-0.2, 0) is 0 Å². The van der Waals surface area contributed by atoms with E-state index < -0.39 is 0 Å². The van der Waals surface area contributed by atoms with Gasteiger partial charge in [0.25, 0.3) is 0 Å². The van der Waals surface area contributed by atoms with Crippen LogP contribution in [0.2, 0.25) is 0 Å². The number of H-pyrrole nitrogens is 1. The Bertz CT molecular complexity index is 463. The zero-order valence-corrected chi connectivity index (χ0v) is 13.7. The molecule has 2 rings (SSSR count). The maximum Gasteiger partial charge on any atom is 0.0876 e. The molecule has 2 N–H and O–H groups in total. The highest BCUT2D eigenvalue weighted by molar-refractivity contribution is 5.77. The van der Waals surface area contributed by atoms with Gasteiger partial charge < -0.3 is 5.32 Å². The maximum atomic E-state index is 3.99. The van der Waals surface area contributed by atoms with Crippen molar-refractivity contribution in [1.29, 1.82) is 0 Å². The van der Waals surface area contributed by atoms with E-state index in [-0.39, 0.29) is 0 Å². The lowest BCUT2D eigenvalue weighted by Crippen LogP contribution is -1.97. The highest BCUT2D eigenvalue weighted by Gasteiger charge is 2.07. The van der Waals surface area contributed by atoms with E-state index in [2.05, 4.69) is 35.9 Å². The first-order valence-corrected chi connectivity index (χ1v) is 7.94. The Morgan fingerprint density at radius 1 is 1.43 bits per heavy atom. The molecule has 0 radical (unpaired) electrons. The van der Waals surface area contributed by atoms with Gasteiger partial charge in [0, 0.05) is 6.54 Å². The summed E-state index contributed by atoms with van der Waals surface area (Å²) in [4.78, 5) is 0. The molecule has 21 heavy (non-hydrogen) atoms. The van der Waals surface area contributed by atoms with E-state index in [4.69, 9.17) is 0 Å². The van der Waals surface area contributed by atoms with Gasteiger partial charge >= 0.3 is 0 Å². The Balaban J connectivity index is 0.000000304. The number of anilines is 1. The van der Waals surface area contributed by atoms with Crippen LogP contribution in [0.25, 0.3) is 5.57 Å². The zero-order valence-electron chi connectivity index (χ0n) is 13.7. The summed E-state index contributed by atoms with van der Waals surface area (Å²) in [5.74, 6) is 1.05. The van der Waals surface area contributed by atoms with Crippen molar-refractivity contribution in [3.05, 3.63) is 42.8 Å². The van der Waals surface area contributed by atoms with Gasteiger partial charge in [0.1, 0.15) is 0 Å². The zero-order chi connectivity index (χ0) is 15.5. The Labute approximate surface area is 129 Å². The lowest BCUT2D eigenvalue weighted by atomic mass is 10.2. The predicted octanol–water partition coefficient (Wildman–Crippen LogP) is 5.18. The summed E-state index contributed by atoms with van der Waals surface area (Å²) >= 11 is 0. The van der Waals surface area contributed by atoms with Crippen molar-refractivity contribution in [2.24, 2.45) is 5.92 Å². The number of aromatic nitrogens is 2. The van der Waals surface area contributed by atoms with Crippen molar-refractivity contribution < 1.29 is 0 Å². The average molecular weight is 287 g/mol. The molecule has 0 unspecified atom stereocenters. The molecule has 1 aromatic rings. The van der Waals surface area contributed by atoms with Gasteiger partial charge in [0.15, 0.2) is 0 Å². The van der Waals surface area contributed by atoms with Crippen molar-refractivity contribution in [2.45, 2.75) is 46.5 Å². The lowest BCUT2D eigenvalue weighted by molar-refractivity contribution is 0.612. The van der Waals surface area contributed by atoms with E-state index >= 15 is 0 Å². The van der Waals surface area contributed by atoms with Gasteiger partial charge in [-0.05, 0) is 25.3 Å². The number of allylic oxidation sites excluding steroid dienone is 5. The fourth-order valence-electron chi connectivity index (χ4n) is 2.35. The smallest absolute Gasteiger partial charge is 0.0876 e. The van der Waals surface area contributed by atoms with Crippen molar-refractivity contribution in [1.82, 2.24) is 10.2 Å². The second-order valence-electron chi connectivity index (χ2n) is 5.49. The molecule has 1 aromatic heterocycles. The first kappa shape index (κ1) is 17.3. The minimum absolute atomic E-state index is 0.873. The number of nitrogens with zero attached hydrogens (tertiary/aromatic N) is 1. The van der Waals surface area contributed by atoms with Crippen LogP contribution in [0, 0.1) is 5.92 Å². The first-order chi connectivity index (χ1) is 10.2. The summed E-state index contributed by atoms with van der Waals surface area (Å²) in [5, 5.41) is 10.1. The minimum Gasteiger partial charge on any atom is -0.382 e. The third-order valence-corrected chi connectivity index (χ3v) is 3.57. The molecule has 0 aliphatic heterocycles. The molecule has 116 valence electrons. The number of hydrogen-bond donors (Lipinski definition) is 2. The summed E-state index contributed by atoms with van der Waals surface area (Å²) in [6.45, 7) is 11.2. The van der Waals surface area contributed by atoms with Gasteiger partial charge in [-0.3, -0.25) is 5.10 Å². The molecule has 0 amide bonds. The monoisotopic (exact) mass is 287 g/mol. The fourth-order valence-corrected chi connectivity index (χ4v) is 2.35. The van der Waals surface area contributed by atoms with Crippen LogP contribution >= 0.6 is 0 Å². The second-order valence-corrected chi connectivity index (χ2v) is 5.49. The SMILES string of the molecule is C=C(/C=C\C=C/C)c1[nH]ncc1NCC.CC1CCCC1. The van der Waals surface area contributed by atoms with Crippen LogP contribution in [0.4, 0.5) is 5.69 Å². The van der Waals surface area contributed by atoms with Gasteiger partial charge in [-0.1, -0.05) is 63.5 Å². The minimum atomic E-state index is 0.873. The molecule has 1 fully saturated rings. The number of rotatable bonds is 5. The van der Waals surface area contributed by atoms with Crippen molar-refractivity contribution in [3.63, 3.8) is 0 Å². The molecule has 0 aromatic carbocycles. The van der Waals surface area contributed by atoms with Crippen molar-refractivity contribution >= 4 is 11.3 Å². The average Bonchev–Trinajstić information content (AvgIpc) is 3.11. The van der Waals surface area contributed by atoms with Gasteiger partial charge in [-0.2, -0.15) is 5.10 Å². The molecular formula is C18H29N3. The summed E-state index contributed by atoms with van der Waals surface area (Å²) in [6, 6.07) is 0.